The van der Waals surface area contributed by atoms with Crippen LogP contribution in [0.25, 0.3) is 0 Å². The van der Waals surface area contributed by atoms with Gasteiger partial charge in [-0.1, -0.05) is 6.07 Å². The molecule has 0 saturated heterocycles. The fraction of sp³-hybridized carbons (Fsp3) is 0.542. The molecule has 0 aliphatic carbocycles. The number of aromatic nitrogens is 3. The Morgan fingerprint density at radius 3 is 2.68 bits per heavy atom. The molecule has 0 aromatic carbocycles. The first-order valence-electron chi connectivity index (χ1n) is 11.6. The number of fused-ring (bicyclic) bond motifs is 3. The summed E-state index contributed by atoms with van der Waals surface area (Å²) in [6.45, 7) is 8.84. The standard InChI is InChI=1S/C24H31N5O5/c1-5-33-22(31)16-12-28(14-17-8-6-7-10-25-17)21(30)20-18-15-27(23(32)34-24(2,3)4)11-9-19(18)26-29(20)13-16/h6-8,10,16H,5,9,11-15H2,1-4H3. The topological polar surface area (TPSA) is 107 Å². The highest BCUT2D eigenvalue weighted by Crippen LogP contribution is 2.28. The van der Waals surface area contributed by atoms with Crippen LogP contribution in [0, 0.1) is 5.92 Å². The molecule has 1 unspecified atom stereocenters. The number of carbonyl (C=O) groups is 3. The lowest BCUT2D eigenvalue weighted by Crippen LogP contribution is -2.41. The van der Waals surface area contributed by atoms with Gasteiger partial charge in [-0.15, -0.1) is 0 Å². The van der Waals surface area contributed by atoms with Gasteiger partial charge in [-0.2, -0.15) is 5.10 Å². The number of rotatable bonds is 4. The molecule has 2 aromatic rings. The van der Waals surface area contributed by atoms with Crippen molar-refractivity contribution in [2.45, 2.75) is 59.4 Å². The number of esters is 1. The zero-order chi connectivity index (χ0) is 24.5. The third kappa shape index (κ3) is 5.05. The normalized spacial score (nSPS) is 18.1. The Morgan fingerprint density at radius 2 is 2.00 bits per heavy atom. The second-order valence-corrected chi connectivity index (χ2v) is 9.56. The van der Waals surface area contributed by atoms with Crippen LogP contribution in [0.3, 0.4) is 0 Å². The van der Waals surface area contributed by atoms with Crippen molar-refractivity contribution in [2.24, 2.45) is 5.92 Å². The second kappa shape index (κ2) is 9.44. The average Bonchev–Trinajstić information content (AvgIpc) is 3.07. The van der Waals surface area contributed by atoms with Crippen molar-refractivity contribution in [1.82, 2.24) is 24.6 Å². The summed E-state index contributed by atoms with van der Waals surface area (Å²) < 4.78 is 12.4. The number of nitrogens with zero attached hydrogens (tertiary/aromatic N) is 5. The predicted molar refractivity (Wildman–Crippen MR) is 122 cm³/mol. The van der Waals surface area contributed by atoms with Crippen molar-refractivity contribution in [3.63, 3.8) is 0 Å². The SMILES string of the molecule is CCOC(=O)C1CN(Cc2ccccn2)C(=O)c2c3c(nn2C1)CCN(C(=O)OC(C)(C)C)C3. The monoisotopic (exact) mass is 469 g/mol. The molecule has 2 aliphatic rings. The summed E-state index contributed by atoms with van der Waals surface area (Å²) in [4.78, 5) is 46.7. The summed E-state index contributed by atoms with van der Waals surface area (Å²) in [6, 6.07) is 5.51. The van der Waals surface area contributed by atoms with Crippen molar-refractivity contribution in [1.29, 1.82) is 0 Å². The zero-order valence-electron chi connectivity index (χ0n) is 20.1. The van der Waals surface area contributed by atoms with Gasteiger partial charge < -0.3 is 19.3 Å². The van der Waals surface area contributed by atoms with Crippen molar-refractivity contribution in [3.8, 4) is 0 Å². The van der Waals surface area contributed by atoms with Gasteiger partial charge in [-0.05, 0) is 39.8 Å². The molecule has 34 heavy (non-hydrogen) atoms. The van der Waals surface area contributed by atoms with Crippen molar-refractivity contribution in [3.05, 3.63) is 47.0 Å². The van der Waals surface area contributed by atoms with E-state index < -0.39 is 17.6 Å². The molecule has 4 rings (SSSR count). The Hall–Kier alpha value is -3.43. The van der Waals surface area contributed by atoms with Gasteiger partial charge >= 0.3 is 12.1 Å². The van der Waals surface area contributed by atoms with E-state index in [9.17, 15) is 14.4 Å². The number of ether oxygens (including phenoxy) is 2. The molecule has 0 spiro atoms. The average molecular weight is 470 g/mol. The zero-order valence-corrected chi connectivity index (χ0v) is 20.1. The molecule has 10 heteroatoms. The van der Waals surface area contributed by atoms with E-state index in [0.29, 0.717) is 24.2 Å². The first kappa shape index (κ1) is 23.7. The van der Waals surface area contributed by atoms with E-state index in [4.69, 9.17) is 9.47 Å². The van der Waals surface area contributed by atoms with Crippen LogP contribution in [0.2, 0.25) is 0 Å². The summed E-state index contributed by atoms with van der Waals surface area (Å²) in [7, 11) is 0. The molecule has 1 atom stereocenters. The predicted octanol–water partition coefficient (Wildman–Crippen LogP) is 2.41. The lowest BCUT2D eigenvalue weighted by molar-refractivity contribution is -0.149. The largest absolute Gasteiger partial charge is 0.466 e. The third-order valence-corrected chi connectivity index (χ3v) is 5.78. The molecule has 10 nitrogen and oxygen atoms in total. The molecule has 2 aromatic heterocycles. The molecule has 2 amide bonds. The maximum absolute atomic E-state index is 13.8. The highest BCUT2D eigenvalue weighted by Gasteiger charge is 2.38. The fourth-order valence-electron chi connectivity index (χ4n) is 4.28. The van der Waals surface area contributed by atoms with Crippen LogP contribution >= 0.6 is 0 Å². The highest BCUT2D eigenvalue weighted by molar-refractivity contribution is 5.95. The van der Waals surface area contributed by atoms with Crippen molar-refractivity contribution in [2.75, 3.05) is 19.7 Å². The number of hydrogen-bond acceptors (Lipinski definition) is 7. The minimum Gasteiger partial charge on any atom is -0.466 e. The van der Waals surface area contributed by atoms with Gasteiger partial charge in [0.05, 0.1) is 43.5 Å². The van der Waals surface area contributed by atoms with Gasteiger partial charge in [-0.3, -0.25) is 19.3 Å². The quantitative estimate of drug-likeness (QED) is 0.633. The number of amides is 2. The van der Waals surface area contributed by atoms with E-state index in [1.165, 1.54) is 0 Å². The molecular weight excluding hydrogens is 438 g/mol. The molecule has 0 bridgehead atoms. The van der Waals surface area contributed by atoms with Crippen LogP contribution in [-0.4, -0.2) is 67.8 Å². The molecule has 4 heterocycles. The molecule has 0 radical (unpaired) electrons. The third-order valence-electron chi connectivity index (χ3n) is 5.78. The number of hydrogen-bond donors (Lipinski definition) is 0. The lowest BCUT2D eigenvalue weighted by atomic mass is 10.0. The summed E-state index contributed by atoms with van der Waals surface area (Å²) in [6.07, 6.45) is 1.76. The lowest BCUT2D eigenvalue weighted by Gasteiger charge is -2.30. The van der Waals surface area contributed by atoms with Crippen LogP contribution in [0.5, 0.6) is 0 Å². The van der Waals surface area contributed by atoms with Gasteiger partial charge in [0.1, 0.15) is 11.3 Å². The van der Waals surface area contributed by atoms with E-state index >= 15 is 0 Å². The van der Waals surface area contributed by atoms with E-state index in [1.807, 2.05) is 39.0 Å². The first-order chi connectivity index (χ1) is 16.2. The van der Waals surface area contributed by atoms with E-state index in [1.54, 1.807) is 27.6 Å². The highest BCUT2D eigenvalue weighted by atomic mass is 16.6. The van der Waals surface area contributed by atoms with Crippen LogP contribution in [0.4, 0.5) is 4.79 Å². The van der Waals surface area contributed by atoms with Gasteiger partial charge in [0.2, 0.25) is 0 Å². The summed E-state index contributed by atoms with van der Waals surface area (Å²) in [5, 5.41) is 4.67. The van der Waals surface area contributed by atoms with Crippen LogP contribution < -0.4 is 0 Å². The fourth-order valence-corrected chi connectivity index (χ4v) is 4.28. The Morgan fingerprint density at radius 1 is 1.21 bits per heavy atom. The molecule has 2 aliphatic heterocycles. The molecule has 0 fully saturated rings. The summed E-state index contributed by atoms with van der Waals surface area (Å²) >= 11 is 0. The van der Waals surface area contributed by atoms with Gasteiger partial charge in [0.25, 0.3) is 5.91 Å². The summed E-state index contributed by atoms with van der Waals surface area (Å²) in [5.74, 6) is -1.16. The molecule has 182 valence electrons. The molecular formula is C24H31N5O5. The van der Waals surface area contributed by atoms with E-state index in [-0.39, 0.29) is 44.7 Å². The Balaban J connectivity index is 1.67. The maximum atomic E-state index is 13.8. The minimum atomic E-state index is -0.616. The Kier molecular flexibility index (Phi) is 6.58. The maximum Gasteiger partial charge on any atom is 0.410 e. The van der Waals surface area contributed by atoms with Crippen molar-refractivity contribution >= 4 is 18.0 Å². The number of pyridine rings is 1. The van der Waals surface area contributed by atoms with Crippen LogP contribution in [0.1, 0.15) is 55.1 Å². The van der Waals surface area contributed by atoms with E-state index in [0.717, 1.165) is 11.4 Å². The first-order valence-corrected chi connectivity index (χ1v) is 11.6. The van der Waals surface area contributed by atoms with Gasteiger partial charge in [-0.25, -0.2) is 4.79 Å². The Bertz CT molecular complexity index is 1080. The van der Waals surface area contributed by atoms with Crippen LogP contribution in [-0.2, 0) is 40.3 Å². The van der Waals surface area contributed by atoms with Gasteiger partial charge in [0.15, 0.2) is 0 Å². The van der Waals surface area contributed by atoms with E-state index in [2.05, 4.69) is 10.1 Å². The summed E-state index contributed by atoms with van der Waals surface area (Å²) in [5.41, 5.74) is 1.99. The second-order valence-electron chi connectivity index (χ2n) is 9.56. The molecule has 0 N–H and O–H groups in total. The smallest absolute Gasteiger partial charge is 0.410 e. The van der Waals surface area contributed by atoms with Gasteiger partial charge in [0, 0.05) is 31.3 Å². The van der Waals surface area contributed by atoms with Crippen LogP contribution in [0.15, 0.2) is 24.4 Å². The molecule has 0 saturated carbocycles. The van der Waals surface area contributed by atoms with Crippen molar-refractivity contribution < 1.29 is 23.9 Å². The Labute approximate surface area is 198 Å². The number of carbonyl (C=O) groups excluding carboxylic acids is 3. The minimum absolute atomic E-state index is 0.197.